The van der Waals surface area contributed by atoms with Crippen molar-refractivity contribution in [2.75, 3.05) is 45.9 Å². The van der Waals surface area contributed by atoms with Crippen molar-refractivity contribution in [1.29, 1.82) is 0 Å². The highest BCUT2D eigenvalue weighted by molar-refractivity contribution is 7.89. The molecular formula is C20H33N3O4S. The molecule has 1 N–H and O–H groups in total. The van der Waals surface area contributed by atoms with Crippen LogP contribution in [0.2, 0.25) is 0 Å². The van der Waals surface area contributed by atoms with Gasteiger partial charge in [0.2, 0.25) is 10.0 Å². The lowest BCUT2D eigenvalue weighted by Gasteiger charge is -2.34. The van der Waals surface area contributed by atoms with Crippen molar-refractivity contribution in [2.45, 2.75) is 39.0 Å². The van der Waals surface area contributed by atoms with E-state index < -0.39 is 10.0 Å². The highest BCUT2D eigenvalue weighted by Crippen LogP contribution is 2.20. The number of carbonyl (C=O) groups excluding carboxylic acids is 1. The lowest BCUT2D eigenvalue weighted by Crippen LogP contribution is -2.53. The van der Waals surface area contributed by atoms with Gasteiger partial charge in [-0.3, -0.25) is 0 Å². The van der Waals surface area contributed by atoms with E-state index in [2.05, 4.69) is 19.2 Å². The summed E-state index contributed by atoms with van der Waals surface area (Å²) in [6.07, 6.45) is 0.763. The van der Waals surface area contributed by atoms with Crippen molar-refractivity contribution in [3.63, 3.8) is 0 Å². The van der Waals surface area contributed by atoms with Gasteiger partial charge in [0, 0.05) is 45.9 Å². The van der Waals surface area contributed by atoms with Gasteiger partial charge in [0.25, 0.3) is 0 Å². The zero-order chi connectivity index (χ0) is 20.7. The van der Waals surface area contributed by atoms with E-state index >= 15 is 0 Å². The predicted molar refractivity (Wildman–Crippen MR) is 110 cm³/mol. The highest BCUT2D eigenvalue weighted by atomic mass is 32.2. The Morgan fingerprint density at radius 3 is 2.43 bits per heavy atom. The van der Waals surface area contributed by atoms with Gasteiger partial charge in [0.05, 0.1) is 4.90 Å². The first-order valence-corrected chi connectivity index (χ1v) is 11.3. The third-order valence-electron chi connectivity index (χ3n) is 4.83. The van der Waals surface area contributed by atoms with Gasteiger partial charge in [-0.05, 0) is 49.4 Å². The van der Waals surface area contributed by atoms with E-state index in [9.17, 15) is 13.2 Å². The van der Waals surface area contributed by atoms with E-state index in [1.165, 1.54) is 4.31 Å². The van der Waals surface area contributed by atoms with Crippen molar-refractivity contribution < 1.29 is 17.9 Å². The third-order valence-corrected chi connectivity index (χ3v) is 6.73. The molecule has 1 fully saturated rings. The maximum absolute atomic E-state index is 12.8. The number of piperazine rings is 1. The molecule has 0 spiro atoms. The summed E-state index contributed by atoms with van der Waals surface area (Å²) in [6, 6.07) is 5.05. The molecule has 0 saturated carbocycles. The number of nitrogens with one attached hydrogen (secondary N) is 1. The van der Waals surface area contributed by atoms with Crippen LogP contribution in [0.3, 0.4) is 0 Å². The first-order chi connectivity index (χ1) is 13.2. The topological polar surface area (TPSA) is 79.0 Å². The van der Waals surface area contributed by atoms with E-state index in [0.29, 0.717) is 50.1 Å². The second kappa shape index (κ2) is 10.2. The number of hydrogen-bond acceptors (Lipinski definition) is 4. The Kier molecular flexibility index (Phi) is 8.27. The van der Waals surface area contributed by atoms with Crippen LogP contribution in [0.25, 0.3) is 0 Å². The van der Waals surface area contributed by atoms with Gasteiger partial charge in [0.1, 0.15) is 0 Å². The van der Waals surface area contributed by atoms with E-state index in [4.69, 9.17) is 4.74 Å². The van der Waals surface area contributed by atoms with Gasteiger partial charge in [-0.15, -0.1) is 0 Å². The molecular weight excluding hydrogens is 378 g/mol. The lowest BCUT2D eigenvalue weighted by atomic mass is 10.1. The molecule has 1 saturated heterocycles. The molecule has 1 aromatic rings. The second-order valence-corrected chi connectivity index (χ2v) is 9.63. The first kappa shape index (κ1) is 22.6. The molecule has 28 heavy (non-hydrogen) atoms. The summed E-state index contributed by atoms with van der Waals surface area (Å²) in [5.74, 6) is 0.506. The molecule has 1 aromatic carbocycles. The predicted octanol–water partition coefficient (Wildman–Crippen LogP) is 2.38. The number of benzene rings is 1. The molecule has 1 aliphatic rings. The molecule has 0 aliphatic carbocycles. The van der Waals surface area contributed by atoms with Gasteiger partial charge in [-0.2, -0.15) is 4.31 Å². The van der Waals surface area contributed by atoms with Crippen molar-refractivity contribution in [3.05, 3.63) is 29.3 Å². The Hall–Kier alpha value is -1.64. The first-order valence-electron chi connectivity index (χ1n) is 9.89. The number of amides is 2. The van der Waals surface area contributed by atoms with E-state index in [0.717, 1.165) is 24.2 Å². The summed E-state index contributed by atoms with van der Waals surface area (Å²) in [6.45, 7) is 11.4. The molecule has 0 aromatic heterocycles. The van der Waals surface area contributed by atoms with E-state index in [1.807, 2.05) is 19.9 Å². The summed E-state index contributed by atoms with van der Waals surface area (Å²) in [5, 5.41) is 2.88. The SMILES string of the molecule is Cc1ccc(S(=O)(=O)N2CCN(C(=O)NCCCOCC(C)C)CC2)cc1C. The van der Waals surface area contributed by atoms with Gasteiger partial charge in [-0.1, -0.05) is 19.9 Å². The number of aryl methyl sites for hydroxylation is 2. The van der Waals surface area contributed by atoms with Crippen molar-refractivity contribution in [2.24, 2.45) is 5.92 Å². The molecule has 8 heteroatoms. The minimum absolute atomic E-state index is 0.146. The van der Waals surface area contributed by atoms with Crippen LogP contribution in [0.1, 0.15) is 31.4 Å². The maximum Gasteiger partial charge on any atom is 0.317 e. The zero-order valence-corrected chi connectivity index (χ0v) is 18.2. The normalized spacial score (nSPS) is 15.8. The Labute approximate surface area is 169 Å². The minimum atomic E-state index is -3.53. The summed E-state index contributed by atoms with van der Waals surface area (Å²) in [5.41, 5.74) is 2.02. The Balaban J connectivity index is 1.78. The summed E-state index contributed by atoms with van der Waals surface area (Å²) >= 11 is 0. The van der Waals surface area contributed by atoms with Crippen LogP contribution in [-0.2, 0) is 14.8 Å². The van der Waals surface area contributed by atoms with Crippen LogP contribution in [0.5, 0.6) is 0 Å². The van der Waals surface area contributed by atoms with Gasteiger partial charge in [-0.25, -0.2) is 13.2 Å². The Bertz CT molecular complexity index is 757. The number of nitrogens with zero attached hydrogens (tertiary/aromatic N) is 2. The zero-order valence-electron chi connectivity index (χ0n) is 17.4. The van der Waals surface area contributed by atoms with Crippen LogP contribution in [-0.4, -0.2) is 69.6 Å². The van der Waals surface area contributed by atoms with Gasteiger partial charge in [0.15, 0.2) is 0 Å². The standard InChI is InChI=1S/C20H33N3O4S/c1-16(2)15-27-13-5-8-21-20(24)22-9-11-23(12-10-22)28(25,26)19-7-6-17(3)18(4)14-19/h6-7,14,16H,5,8-13,15H2,1-4H3,(H,21,24). The Morgan fingerprint density at radius 1 is 1.14 bits per heavy atom. The molecule has 1 aliphatic heterocycles. The van der Waals surface area contributed by atoms with Crippen LogP contribution in [0.15, 0.2) is 23.1 Å². The summed E-state index contributed by atoms with van der Waals surface area (Å²) in [7, 11) is -3.53. The largest absolute Gasteiger partial charge is 0.381 e. The minimum Gasteiger partial charge on any atom is -0.381 e. The van der Waals surface area contributed by atoms with Gasteiger partial charge >= 0.3 is 6.03 Å². The number of carbonyl (C=O) groups is 1. The number of rotatable bonds is 8. The molecule has 2 rings (SSSR count). The second-order valence-electron chi connectivity index (χ2n) is 7.69. The van der Waals surface area contributed by atoms with Gasteiger partial charge < -0.3 is 15.0 Å². The fourth-order valence-corrected chi connectivity index (χ4v) is 4.46. The molecule has 0 bridgehead atoms. The van der Waals surface area contributed by atoms with E-state index in [-0.39, 0.29) is 6.03 Å². The molecule has 0 atom stereocenters. The smallest absolute Gasteiger partial charge is 0.317 e. The molecule has 0 unspecified atom stereocenters. The lowest BCUT2D eigenvalue weighted by molar-refractivity contribution is 0.107. The van der Waals surface area contributed by atoms with Crippen LogP contribution < -0.4 is 5.32 Å². The third kappa shape index (κ3) is 6.18. The average Bonchev–Trinajstić information content (AvgIpc) is 2.66. The van der Waals surface area contributed by atoms with Crippen molar-refractivity contribution in [3.8, 4) is 0 Å². The summed E-state index contributed by atoms with van der Waals surface area (Å²) in [4.78, 5) is 14.2. The monoisotopic (exact) mass is 411 g/mol. The fourth-order valence-electron chi connectivity index (χ4n) is 2.96. The molecule has 158 valence electrons. The molecule has 1 heterocycles. The molecule has 2 amide bonds. The molecule has 0 radical (unpaired) electrons. The number of sulfonamides is 1. The Morgan fingerprint density at radius 2 is 1.82 bits per heavy atom. The van der Waals surface area contributed by atoms with Crippen molar-refractivity contribution >= 4 is 16.1 Å². The maximum atomic E-state index is 12.8. The fraction of sp³-hybridized carbons (Fsp3) is 0.650. The van der Waals surface area contributed by atoms with Crippen LogP contribution in [0, 0.1) is 19.8 Å². The quantitative estimate of drug-likeness (QED) is 0.666. The number of urea groups is 1. The van der Waals surface area contributed by atoms with Crippen LogP contribution >= 0.6 is 0 Å². The number of ether oxygens (including phenoxy) is 1. The van der Waals surface area contributed by atoms with Crippen molar-refractivity contribution in [1.82, 2.24) is 14.5 Å². The number of hydrogen-bond donors (Lipinski definition) is 1. The highest BCUT2D eigenvalue weighted by Gasteiger charge is 2.30. The summed E-state index contributed by atoms with van der Waals surface area (Å²) < 4.78 is 32.6. The van der Waals surface area contributed by atoms with E-state index in [1.54, 1.807) is 17.0 Å². The molecule has 7 nitrogen and oxygen atoms in total. The average molecular weight is 412 g/mol. The van der Waals surface area contributed by atoms with Crippen LogP contribution in [0.4, 0.5) is 4.79 Å².